The number of rotatable bonds is 1. The lowest BCUT2D eigenvalue weighted by molar-refractivity contribution is 1.32. The Bertz CT molecular complexity index is 655. The molecule has 0 atom stereocenters. The van der Waals surface area contributed by atoms with Gasteiger partial charge in [-0.1, -0.05) is 11.6 Å². The van der Waals surface area contributed by atoms with Gasteiger partial charge in [-0.25, -0.2) is 4.98 Å². The minimum atomic E-state index is 0.639. The fourth-order valence-electron chi connectivity index (χ4n) is 1.88. The number of nitrogen functional groups attached to an aromatic ring is 1. The predicted octanol–water partition coefficient (Wildman–Crippen LogP) is 3.47. The minimum Gasteiger partial charge on any atom is -0.398 e. The monoisotopic (exact) mass is 243 g/mol. The van der Waals surface area contributed by atoms with E-state index in [-0.39, 0.29) is 0 Å². The van der Waals surface area contributed by atoms with Gasteiger partial charge in [0.2, 0.25) is 0 Å². The Morgan fingerprint density at radius 3 is 2.82 bits per heavy atom. The van der Waals surface area contributed by atoms with Crippen LogP contribution < -0.4 is 5.73 Å². The number of nitrogens with one attached hydrogen (secondary N) is 1. The molecule has 84 valence electrons. The van der Waals surface area contributed by atoms with Crippen molar-refractivity contribution in [2.75, 3.05) is 5.73 Å². The number of pyridine rings is 1. The van der Waals surface area contributed by atoms with E-state index in [2.05, 4.69) is 9.97 Å². The highest BCUT2D eigenvalue weighted by atomic mass is 35.5. The summed E-state index contributed by atoms with van der Waals surface area (Å²) < 4.78 is 0. The van der Waals surface area contributed by atoms with Crippen molar-refractivity contribution in [1.29, 1.82) is 0 Å². The van der Waals surface area contributed by atoms with Crippen LogP contribution in [0.3, 0.4) is 0 Å². The predicted molar refractivity (Wildman–Crippen MR) is 71.0 cm³/mol. The highest BCUT2D eigenvalue weighted by Crippen LogP contribution is 2.29. The van der Waals surface area contributed by atoms with Crippen LogP contribution in [0.25, 0.3) is 22.3 Å². The maximum absolute atomic E-state index is 5.95. The molecule has 0 aliphatic carbocycles. The fraction of sp³-hybridized carbons (Fsp3) is 0. The van der Waals surface area contributed by atoms with Crippen molar-refractivity contribution >= 4 is 28.3 Å². The Hall–Kier alpha value is -2.00. The van der Waals surface area contributed by atoms with Gasteiger partial charge in [-0.05, 0) is 36.4 Å². The zero-order chi connectivity index (χ0) is 11.8. The molecule has 0 aliphatic rings. The molecule has 3 rings (SSSR count). The number of aromatic nitrogens is 2. The maximum Gasteiger partial charge on any atom is 0.137 e. The summed E-state index contributed by atoms with van der Waals surface area (Å²) in [6.07, 6.45) is 1.76. The largest absolute Gasteiger partial charge is 0.398 e. The van der Waals surface area contributed by atoms with Gasteiger partial charge >= 0.3 is 0 Å². The summed E-state index contributed by atoms with van der Waals surface area (Å²) in [5.41, 5.74) is 9.35. The van der Waals surface area contributed by atoms with Crippen LogP contribution >= 0.6 is 11.6 Å². The first-order valence-corrected chi connectivity index (χ1v) is 5.61. The number of H-pyrrole nitrogens is 1. The molecule has 3 N–H and O–H groups in total. The van der Waals surface area contributed by atoms with Crippen LogP contribution in [0.4, 0.5) is 5.69 Å². The second-order valence-corrected chi connectivity index (χ2v) is 4.29. The molecule has 3 nitrogen and oxygen atoms in total. The van der Waals surface area contributed by atoms with E-state index in [0.29, 0.717) is 10.7 Å². The molecule has 0 spiro atoms. The normalized spacial score (nSPS) is 10.9. The Labute approximate surface area is 103 Å². The zero-order valence-corrected chi connectivity index (χ0v) is 9.70. The van der Waals surface area contributed by atoms with Gasteiger partial charge in [-0.15, -0.1) is 0 Å². The number of fused-ring (bicyclic) bond motifs is 1. The van der Waals surface area contributed by atoms with Crippen molar-refractivity contribution in [2.45, 2.75) is 0 Å². The highest BCUT2D eigenvalue weighted by molar-refractivity contribution is 6.31. The van der Waals surface area contributed by atoms with Gasteiger partial charge in [0.15, 0.2) is 0 Å². The number of benzene rings is 1. The number of halogens is 1. The standard InChI is InChI=1S/C13H10ClN3/c14-9-3-4-10(11(15)7-9)12-6-8-2-1-5-16-13(8)17-12/h1-7H,15H2,(H,16,17). The number of aromatic amines is 1. The van der Waals surface area contributed by atoms with Crippen molar-refractivity contribution in [3.8, 4) is 11.3 Å². The van der Waals surface area contributed by atoms with E-state index in [1.165, 1.54) is 0 Å². The van der Waals surface area contributed by atoms with E-state index in [0.717, 1.165) is 22.3 Å². The van der Waals surface area contributed by atoms with Gasteiger partial charge in [-0.2, -0.15) is 0 Å². The SMILES string of the molecule is Nc1cc(Cl)ccc1-c1cc2cccnc2[nH]1. The highest BCUT2D eigenvalue weighted by Gasteiger charge is 2.07. The lowest BCUT2D eigenvalue weighted by Crippen LogP contribution is -1.89. The molecule has 0 aliphatic heterocycles. The minimum absolute atomic E-state index is 0.639. The Morgan fingerprint density at radius 1 is 1.18 bits per heavy atom. The van der Waals surface area contributed by atoms with Crippen LogP contribution in [-0.2, 0) is 0 Å². The number of nitrogens with zero attached hydrogens (tertiary/aromatic N) is 1. The third-order valence-corrected chi connectivity index (χ3v) is 2.93. The van der Waals surface area contributed by atoms with E-state index >= 15 is 0 Å². The van der Waals surface area contributed by atoms with Crippen molar-refractivity contribution in [1.82, 2.24) is 9.97 Å². The van der Waals surface area contributed by atoms with Crippen LogP contribution in [0.15, 0.2) is 42.6 Å². The van der Waals surface area contributed by atoms with Crippen LogP contribution in [-0.4, -0.2) is 9.97 Å². The van der Waals surface area contributed by atoms with Gasteiger partial charge in [-0.3, -0.25) is 0 Å². The molecule has 0 amide bonds. The third-order valence-electron chi connectivity index (χ3n) is 2.70. The summed E-state index contributed by atoms with van der Waals surface area (Å²) in [6, 6.07) is 11.4. The number of nitrogens with two attached hydrogens (primary N) is 1. The Kier molecular flexibility index (Phi) is 2.27. The van der Waals surface area contributed by atoms with Gasteiger partial charge < -0.3 is 10.7 Å². The lowest BCUT2D eigenvalue weighted by Gasteiger charge is -2.03. The maximum atomic E-state index is 5.95. The molecule has 2 aromatic heterocycles. The molecule has 0 unspecified atom stereocenters. The Balaban J connectivity index is 2.20. The molecule has 0 radical (unpaired) electrons. The average molecular weight is 244 g/mol. The van der Waals surface area contributed by atoms with Crippen molar-refractivity contribution in [2.24, 2.45) is 0 Å². The molecule has 17 heavy (non-hydrogen) atoms. The molecule has 2 heterocycles. The van der Waals surface area contributed by atoms with Gasteiger partial charge in [0.25, 0.3) is 0 Å². The second-order valence-electron chi connectivity index (χ2n) is 3.86. The summed E-state index contributed by atoms with van der Waals surface area (Å²) in [4.78, 5) is 7.49. The van der Waals surface area contributed by atoms with E-state index in [9.17, 15) is 0 Å². The van der Waals surface area contributed by atoms with Gasteiger partial charge in [0, 0.05) is 33.6 Å². The van der Waals surface area contributed by atoms with E-state index in [1.807, 2.05) is 30.3 Å². The molecule has 0 saturated heterocycles. The summed E-state index contributed by atoms with van der Waals surface area (Å²) in [7, 11) is 0. The lowest BCUT2D eigenvalue weighted by atomic mass is 10.1. The summed E-state index contributed by atoms with van der Waals surface area (Å²) in [6.45, 7) is 0. The Morgan fingerprint density at radius 2 is 2.06 bits per heavy atom. The van der Waals surface area contributed by atoms with Crippen molar-refractivity contribution in [3.05, 3.63) is 47.6 Å². The topological polar surface area (TPSA) is 54.7 Å². The number of anilines is 1. The molecule has 4 heteroatoms. The van der Waals surface area contributed by atoms with E-state index < -0.39 is 0 Å². The van der Waals surface area contributed by atoms with Crippen molar-refractivity contribution < 1.29 is 0 Å². The van der Waals surface area contributed by atoms with E-state index in [1.54, 1.807) is 12.3 Å². The van der Waals surface area contributed by atoms with Crippen LogP contribution in [0, 0.1) is 0 Å². The molecule has 0 fully saturated rings. The molecular formula is C13H10ClN3. The number of hydrogen-bond donors (Lipinski definition) is 2. The van der Waals surface area contributed by atoms with Gasteiger partial charge in [0.05, 0.1) is 0 Å². The first kappa shape index (κ1) is 10.2. The first-order chi connectivity index (χ1) is 8.24. The van der Waals surface area contributed by atoms with Crippen LogP contribution in [0.2, 0.25) is 5.02 Å². The average Bonchev–Trinajstić information content (AvgIpc) is 2.72. The first-order valence-electron chi connectivity index (χ1n) is 5.23. The summed E-state index contributed by atoms with van der Waals surface area (Å²) >= 11 is 5.88. The smallest absolute Gasteiger partial charge is 0.137 e. The summed E-state index contributed by atoms with van der Waals surface area (Å²) in [5, 5.41) is 1.71. The fourth-order valence-corrected chi connectivity index (χ4v) is 2.06. The third kappa shape index (κ3) is 1.74. The van der Waals surface area contributed by atoms with Crippen molar-refractivity contribution in [3.63, 3.8) is 0 Å². The zero-order valence-electron chi connectivity index (χ0n) is 8.94. The molecular weight excluding hydrogens is 234 g/mol. The second kappa shape index (κ2) is 3.79. The number of hydrogen-bond acceptors (Lipinski definition) is 2. The van der Waals surface area contributed by atoms with Gasteiger partial charge in [0.1, 0.15) is 5.65 Å². The molecule has 1 aromatic carbocycles. The van der Waals surface area contributed by atoms with E-state index in [4.69, 9.17) is 17.3 Å². The molecule has 3 aromatic rings. The molecule has 0 bridgehead atoms. The quantitative estimate of drug-likeness (QED) is 0.643. The molecule has 0 saturated carbocycles. The van der Waals surface area contributed by atoms with Crippen LogP contribution in [0.1, 0.15) is 0 Å². The summed E-state index contributed by atoms with van der Waals surface area (Å²) in [5.74, 6) is 0. The van der Waals surface area contributed by atoms with Crippen LogP contribution in [0.5, 0.6) is 0 Å².